The number of carbonyl (C=O) groups is 1. The van der Waals surface area contributed by atoms with Crippen molar-refractivity contribution in [2.45, 2.75) is 19.0 Å². The molecule has 0 unspecified atom stereocenters. The number of aromatic nitrogens is 4. The Morgan fingerprint density at radius 2 is 1.97 bits per heavy atom. The van der Waals surface area contributed by atoms with E-state index in [4.69, 9.17) is 5.73 Å². The van der Waals surface area contributed by atoms with Crippen LogP contribution in [0.3, 0.4) is 0 Å². The third-order valence-electron chi connectivity index (χ3n) is 5.56. The lowest BCUT2D eigenvalue weighted by Gasteiger charge is -2.40. The van der Waals surface area contributed by atoms with Crippen molar-refractivity contribution in [1.29, 1.82) is 0 Å². The molecule has 4 N–H and O–H groups in total. The first-order valence-corrected chi connectivity index (χ1v) is 9.40. The van der Waals surface area contributed by atoms with Crippen molar-refractivity contribution in [2.24, 2.45) is 11.1 Å². The van der Waals surface area contributed by atoms with Crippen molar-refractivity contribution < 1.29 is 18.0 Å². The van der Waals surface area contributed by atoms with Gasteiger partial charge >= 0.3 is 6.18 Å². The Labute approximate surface area is 169 Å². The summed E-state index contributed by atoms with van der Waals surface area (Å²) in [5.41, 5.74) is 4.99. The van der Waals surface area contributed by atoms with E-state index in [0.717, 1.165) is 29.0 Å². The van der Waals surface area contributed by atoms with Crippen molar-refractivity contribution in [1.82, 2.24) is 19.9 Å². The zero-order valence-electron chi connectivity index (χ0n) is 15.9. The van der Waals surface area contributed by atoms with Crippen LogP contribution in [0.15, 0.2) is 36.9 Å². The minimum absolute atomic E-state index is 0.0630. The highest BCUT2D eigenvalue weighted by atomic mass is 19.4. The summed E-state index contributed by atoms with van der Waals surface area (Å²) in [6.45, 7) is 1.24. The fraction of sp³-hybridized carbons (Fsp3) is 0.368. The first kappa shape index (κ1) is 20.1. The fourth-order valence-corrected chi connectivity index (χ4v) is 3.67. The molecule has 0 spiro atoms. The first-order chi connectivity index (χ1) is 14.3. The lowest BCUT2D eigenvalue weighted by molar-refractivity contribution is -0.137. The minimum Gasteiger partial charge on any atom is -0.356 e. The summed E-state index contributed by atoms with van der Waals surface area (Å²) in [5.74, 6) is 0.510. The van der Waals surface area contributed by atoms with Crippen molar-refractivity contribution in [3.63, 3.8) is 0 Å². The number of rotatable bonds is 4. The van der Waals surface area contributed by atoms with E-state index in [0.29, 0.717) is 32.1 Å². The van der Waals surface area contributed by atoms with Gasteiger partial charge in [-0.15, -0.1) is 0 Å². The van der Waals surface area contributed by atoms with Crippen LogP contribution < -0.4 is 16.0 Å². The number of alkyl halides is 3. The predicted molar refractivity (Wildman–Crippen MR) is 105 cm³/mol. The topological polar surface area (TPSA) is 113 Å². The molecule has 1 fully saturated rings. The maximum Gasteiger partial charge on any atom is 0.417 e. The van der Waals surface area contributed by atoms with Gasteiger partial charge in [0.1, 0.15) is 23.6 Å². The van der Waals surface area contributed by atoms with Gasteiger partial charge < -0.3 is 20.9 Å². The van der Waals surface area contributed by atoms with Gasteiger partial charge in [0.15, 0.2) is 0 Å². The van der Waals surface area contributed by atoms with Gasteiger partial charge in [-0.25, -0.2) is 15.0 Å². The van der Waals surface area contributed by atoms with Gasteiger partial charge in [-0.1, -0.05) is 0 Å². The second-order valence-electron chi connectivity index (χ2n) is 7.29. The molecule has 0 aromatic carbocycles. The van der Waals surface area contributed by atoms with E-state index in [2.05, 4.69) is 30.2 Å². The van der Waals surface area contributed by atoms with E-state index in [1.807, 2.05) is 6.07 Å². The van der Waals surface area contributed by atoms with Gasteiger partial charge in [0.25, 0.3) is 0 Å². The van der Waals surface area contributed by atoms with Gasteiger partial charge in [-0.2, -0.15) is 13.2 Å². The molecule has 4 rings (SSSR count). The Bertz CT molecular complexity index is 1040. The van der Waals surface area contributed by atoms with Gasteiger partial charge in [-0.3, -0.25) is 4.79 Å². The van der Waals surface area contributed by atoms with Crippen LogP contribution in [0, 0.1) is 5.41 Å². The van der Waals surface area contributed by atoms with Gasteiger partial charge in [-0.05, 0) is 31.0 Å². The van der Waals surface area contributed by atoms with E-state index < -0.39 is 17.2 Å². The lowest BCUT2D eigenvalue weighted by Crippen LogP contribution is -2.50. The number of piperidine rings is 1. The number of fused-ring (bicyclic) bond motifs is 1. The number of nitrogens with two attached hydrogens (primary N) is 1. The standard InChI is InChI=1S/C19H20F3N7O/c20-19(21,22)12-1-2-14(25-9-12)28-17(30)18(10-23)4-7-29(8-5-18)16-13-3-6-24-15(13)26-11-27-16/h1-3,6,9,11H,4-5,7-8,10,23H2,(H,24,26,27)(H,25,28,30). The summed E-state index contributed by atoms with van der Waals surface area (Å²) >= 11 is 0. The number of hydrogen-bond acceptors (Lipinski definition) is 6. The predicted octanol–water partition coefficient (Wildman–Crippen LogP) is 2.56. The Morgan fingerprint density at radius 3 is 2.60 bits per heavy atom. The van der Waals surface area contributed by atoms with E-state index in [1.165, 1.54) is 6.33 Å². The Hall–Kier alpha value is -3.21. The number of anilines is 2. The molecule has 1 saturated heterocycles. The highest BCUT2D eigenvalue weighted by Gasteiger charge is 2.41. The molecule has 4 heterocycles. The van der Waals surface area contributed by atoms with Crippen LogP contribution in [0.5, 0.6) is 0 Å². The number of pyridine rings is 1. The number of carbonyl (C=O) groups excluding carboxylic acids is 1. The Morgan fingerprint density at radius 1 is 1.20 bits per heavy atom. The molecule has 30 heavy (non-hydrogen) atoms. The largest absolute Gasteiger partial charge is 0.417 e. The number of H-pyrrole nitrogens is 1. The van der Waals surface area contributed by atoms with Crippen molar-refractivity contribution >= 4 is 28.6 Å². The van der Waals surface area contributed by atoms with Crippen LogP contribution in [0.2, 0.25) is 0 Å². The molecule has 11 heteroatoms. The first-order valence-electron chi connectivity index (χ1n) is 9.40. The second-order valence-corrected chi connectivity index (χ2v) is 7.29. The van der Waals surface area contributed by atoms with Crippen LogP contribution >= 0.6 is 0 Å². The quantitative estimate of drug-likeness (QED) is 0.599. The third-order valence-corrected chi connectivity index (χ3v) is 5.56. The molecule has 8 nitrogen and oxygen atoms in total. The Balaban J connectivity index is 1.46. The average molecular weight is 419 g/mol. The summed E-state index contributed by atoms with van der Waals surface area (Å²) < 4.78 is 38.0. The third kappa shape index (κ3) is 3.67. The highest BCUT2D eigenvalue weighted by Crippen LogP contribution is 2.35. The smallest absolute Gasteiger partial charge is 0.356 e. The SMILES string of the molecule is NCC1(C(=O)Nc2ccc(C(F)(F)F)cn2)CCN(c2ncnc3[nH]ccc23)CC1. The Kier molecular flexibility index (Phi) is 5.06. The van der Waals surface area contributed by atoms with Gasteiger partial charge in [0.05, 0.1) is 16.4 Å². The second kappa shape index (κ2) is 7.56. The van der Waals surface area contributed by atoms with Crippen LogP contribution in [-0.2, 0) is 11.0 Å². The van der Waals surface area contributed by atoms with Crippen LogP contribution in [-0.4, -0.2) is 45.5 Å². The molecule has 0 saturated carbocycles. The van der Waals surface area contributed by atoms with E-state index in [9.17, 15) is 18.0 Å². The van der Waals surface area contributed by atoms with Crippen molar-refractivity contribution in [3.05, 3.63) is 42.5 Å². The highest BCUT2D eigenvalue weighted by molar-refractivity contribution is 5.95. The maximum absolute atomic E-state index is 12.9. The van der Waals surface area contributed by atoms with Gasteiger partial charge in [0, 0.05) is 32.0 Å². The zero-order valence-corrected chi connectivity index (χ0v) is 15.9. The molecule has 0 radical (unpaired) electrons. The molecule has 3 aromatic heterocycles. The molecule has 1 amide bonds. The van der Waals surface area contributed by atoms with Crippen LogP contribution in [0.4, 0.5) is 24.8 Å². The number of hydrogen-bond donors (Lipinski definition) is 3. The van der Waals surface area contributed by atoms with Crippen molar-refractivity contribution in [3.8, 4) is 0 Å². The number of halogens is 3. The van der Waals surface area contributed by atoms with Crippen molar-refractivity contribution in [2.75, 3.05) is 29.9 Å². The zero-order chi connectivity index (χ0) is 21.4. The molecule has 0 aliphatic carbocycles. The van der Waals surface area contributed by atoms with Crippen LogP contribution in [0.25, 0.3) is 11.0 Å². The van der Waals surface area contributed by atoms with Gasteiger partial charge in [0.2, 0.25) is 5.91 Å². The summed E-state index contributed by atoms with van der Waals surface area (Å²) in [7, 11) is 0. The van der Waals surface area contributed by atoms with E-state index >= 15 is 0 Å². The molecule has 1 aliphatic heterocycles. The molecule has 0 atom stereocenters. The average Bonchev–Trinajstić information content (AvgIpc) is 3.22. The number of nitrogens with one attached hydrogen (secondary N) is 2. The van der Waals surface area contributed by atoms with Crippen LogP contribution in [0.1, 0.15) is 18.4 Å². The molecule has 1 aliphatic rings. The monoisotopic (exact) mass is 419 g/mol. The minimum atomic E-state index is -4.48. The summed E-state index contributed by atoms with van der Waals surface area (Å²) in [6, 6.07) is 3.93. The summed E-state index contributed by atoms with van der Waals surface area (Å²) in [4.78, 5) is 30.3. The molecule has 158 valence electrons. The molecule has 0 bridgehead atoms. The normalized spacial score (nSPS) is 16.6. The summed E-state index contributed by atoms with van der Waals surface area (Å²) in [6.07, 6.45) is 0.457. The lowest BCUT2D eigenvalue weighted by atomic mass is 9.77. The number of nitrogens with zero attached hydrogens (tertiary/aromatic N) is 4. The number of amides is 1. The van der Waals surface area contributed by atoms with E-state index in [1.54, 1.807) is 6.20 Å². The summed E-state index contributed by atoms with van der Waals surface area (Å²) in [5, 5.41) is 3.51. The maximum atomic E-state index is 12.9. The number of aromatic amines is 1. The molecule has 3 aromatic rings. The fourth-order valence-electron chi connectivity index (χ4n) is 3.67. The molecular weight excluding hydrogens is 399 g/mol. The van der Waals surface area contributed by atoms with E-state index in [-0.39, 0.29) is 18.3 Å². The molecular formula is C19H20F3N7O.